The first-order chi connectivity index (χ1) is 7.18. The van der Waals surface area contributed by atoms with Gasteiger partial charge in [0.15, 0.2) is 0 Å². The molecule has 0 radical (unpaired) electrons. The molecular formula is C10H8Cl2O2S. The van der Waals surface area contributed by atoms with Gasteiger partial charge in [0, 0.05) is 11.3 Å². The second-order valence-electron chi connectivity index (χ2n) is 3.11. The van der Waals surface area contributed by atoms with Gasteiger partial charge >= 0.3 is 5.97 Å². The van der Waals surface area contributed by atoms with Gasteiger partial charge in [0.05, 0.1) is 16.7 Å². The molecule has 0 unspecified atom stereocenters. The summed E-state index contributed by atoms with van der Waals surface area (Å²) in [6, 6.07) is 5.30. The van der Waals surface area contributed by atoms with E-state index in [0.717, 1.165) is 4.90 Å². The van der Waals surface area contributed by atoms with E-state index in [-0.39, 0.29) is 11.2 Å². The molecule has 0 bridgehead atoms. The SMILES string of the molecule is O=C1OCC[C@@H]1Sc1c(Cl)cccc1Cl. The molecule has 0 amide bonds. The van der Waals surface area contributed by atoms with Gasteiger partial charge in [-0.2, -0.15) is 0 Å². The molecule has 0 aliphatic carbocycles. The highest BCUT2D eigenvalue weighted by Crippen LogP contribution is 2.38. The first-order valence-corrected chi connectivity index (χ1v) is 6.09. The summed E-state index contributed by atoms with van der Waals surface area (Å²) < 4.78 is 4.87. The van der Waals surface area contributed by atoms with Crippen molar-refractivity contribution in [3.05, 3.63) is 28.2 Å². The molecule has 2 nitrogen and oxygen atoms in total. The maximum Gasteiger partial charge on any atom is 0.319 e. The van der Waals surface area contributed by atoms with Crippen molar-refractivity contribution in [3.8, 4) is 0 Å². The molecule has 0 spiro atoms. The number of ether oxygens (including phenoxy) is 1. The van der Waals surface area contributed by atoms with Gasteiger partial charge in [-0.25, -0.2) is 0 Å². The molecule has 80 valence electrons. The van der Waals surface area contributed by atoms with Crippen LogP contribution in [0.5, 0.6) is 0 Å². The summed E-state index contributed by atoms with van der Waals surface area (Å²) in [7, 11) is 0. The number of cyclic esters (lactones) is 1. The van der Waals surface area contributed by atoms with Crippen LogP contribution in [0, 0.1) is 0 Å². The Morgan fingerprint density at radius 1 is 1.33 bits per heavy atom. The Hall–Kier alpha value is -0.380. The van der Waals surface area contributed by atoms with Crippen LogP contribution in [0.2, 0.25) is 10.0 Å². The highest BCUT2D eigenvalue weighted by Gasteiger charge is 2.28. The quantitative estimate of drug-likeness (QED) is 0.765. The van der Waals surface area contributed by atoms with Crippen molar-refractivity contribution in [2.75, 3.05) is 6.61 Å². The van der Waals surface area contributed by atoms with Crippen LogP contribution in [-0.4, -0.2) is 17.8 Å². The maximum atomic E-state index is 11.3. The lowest BCUT2D eigenvalue weighted by atomic mass is 10.3. The third-order valence-corrected chi connectivity index (χ3v) is 4.31. The minimum Gasteiger partial charge on any atom is -0.465 e. The fourth-order valence-corrected chi connectivity index (χ4v) is 3.01. The molecule has 0 saturated carbocycles. The van der Waals surface area contributed by atoms with Gasteiger partial charge in [-0.05, 0) is 12.1 Å². The number of carbonyl (C=O) groups excluding carboxylic acids is 1. The number of rotatable bonds is 2. The molecule has 0 N–H and O–H groups in total. The Kier molecular flexibility index (Phi) is 3.44. The summed E-state index contributed by atoms with van der Waals surface area (Å²) in [6.45, 7) is 0.485. The first-order valence-electron chi connectivity index (χ1n) is 4.46. The van der Waals surface area contributed by atoms with Crippen LogP contribution in [0.1, 0.15) is 6.42 Å². The number of halogens is 2. The van der Waals surface area contributed by atoms with Crippen LogP contribution in [0.15, 0.2) is 23.1 Å². The standard InChI is InChI=1S/C10H8Cl2O2S/c11-6-2-1-3-7(12)9(6)15-8-4-5-14-10(8)13/h1-3,8H,4-5H2/t8-/m0/s1. The van der Waals surface area contributed by atoms with Crippen LogP contribution < -0.4 is 0 Å². The summed E-state index contributed by atoms with van der Waals surface area (Å²) in [5, 5.41) is 0.974. The van der Waals surface area contributed by atoms with Gasteiger partial charge in [-0.1, -0.05) is 29.3 Å². The minimum atomic E-state index is -0.184. The van der Waals surface area contributed by atoms with Gasteiger partial charge in [-0.3, -0.25) is 4.79 Å². The zero-order valence-corrected chi connectivity index (χ0v) is 10.0. The van der Waals surface area contributed by atoms with Gasteiger partial charge in [0.25, 0.3) is 0 Å². The molecule has 1 atom stereocenters. The van der Waals surface area contributed by atoms with E-state index in [9.17, 15) is 4.79 Å². The summed E-state index contributed by atoms with van der Waals surface area (Å²) in [5.41, 5.74) is 0. The van der Waals surface area contributed by atoms with E-state index in [4.69, 9.17) is 27.9 Å². The second-order valence-corrected chi connectivity index (χ2v) is 5.14. The van der Waals surface area contributed by atoms with E-state index >= 15 is 0 Å². The van der Waals surface area contributed by atoms with Crippen molar-refractivity contribution in [2.45, 2.75) is 16.6 Å². The molecule has 1 heterocycles. The summed E-state index contributed by atoms with van der Waals surface area (Å²) >= 11 is 13.4. The number of hydrogen-bond donors (Lipinski definition) is 0. The molecule has 1 aromatic carbocycles. The number of hydrogen-bond acceptors (Lipinski definition) is 3. The van der Waals surface area contributed by atoms with Crippen LogP contribution in [0.25, 0.3) is 0 Å². The lowest BCUT2D eigenvalue weighted by molar-refractivity contribution is -0.137. The minimum absolute atomic E-state index is 0.178. The van der Waals surface area contributed by atoms with Gasteiger partial charge in [-0.15, -0.1) is 11.8 Å². The molecule has 2 rings (SSSR count). The van der Waals surface area contributed by atoms with E-state index < -0.39 is 0 Å². The first kappa shape index (κ1) is 11.1. The van der Waals surface area contributed by atoms with Crippen molar-refractivity contribution in [3.63, 3.8) is 0 Å². The predicted molar refractivity (Wildman–Crippen MR) is 61.7 cm³/mol. The van der Waals surface area contributed by atoms with Gasteiger partial charge in [0.2, 0.25) is 0 Å². The number of esters is 1. The summed E-state index contributed by atoms with van der Waals surface area (Å²) in [4.78, 5) is 12.0. The average Bonchev–Trinajstić information content (AvgIpc) is 2.58. The molecule has 1 aliphatic heterocycles. The third-order valence-electron chi connectivity index (χ3n) is 2.07. The second kappa shape index (κ2) is 4.64. The van der Waals surface area contributed by atoms with Crippen LogP contribution >= 0.6 is 35.0 Å². The molecule has 1 fully saturated rings. The van der Waals surface area contributed by atoms with E-state index in [2.05, 4.69) is 0 Å². The zero-order chi connectivity index (χ0) is 10.8. The number of thioether (sulfide) groups is 1. The molecule has 5 heteroatoms. The van der Waals surface area contributed by atoms with E-state index in [1.165, 1.54) is 11.8 Å². The van der Waals surface area contributed by atoms with Crippen LogP contribution in [0.4, 0.5) is 0 Å². The van der Waals surface area contributed by atoms with Gasteiger partial charge < -0.3 is 4.74 Å². The third kappa shape index (κ3) is 2.41. The van der Waals surface area contributed by atoms with E-state index in [1.807, 2.05) is 0 Å². The zero-order valence-electron chi connectivity index (χ0n) is 7.70. The monoisotopic (exact) mass is 262 g/mol. The van der Waals surface area contributed by atoms with Crippen molar-refractivity contribution >= 4 is 40.9 Å². The lowest BCUT2D eigenvalue weighted by Gasteiger charge is -2.08. The Bertz CT molecular complexity index is 375. The Balaban J connectivity index is 2.20. The normalized spacial score (nSPS) is 20.4. The average molecular weight is 263 g/mol. The fourth-order valence-electron chi connectivity index (χ4n) is 1.32. The van der Waals surface area contributed by atoms with E-state index in [0.29, 0.717) is 23.1 Å². The van der Waals surface area contributed by atoms with Crippen molar-refractivity contribution in [2.24, 2.45) is 0 Å². The molecule has 1 aliphatic rings. The van der Waals surface area contributed by atoms with E-state index in [1.54, 1.807) is 18.2 Å². The highest BCUT2D eigenvalue weighted by molar-refractivity contribution is 8.00. The Labute approximate surface area is 102 Å². The van der Waals surface area contributed by atoms with Crippen molar-refractivity contribution in [1.82, 2.24) is 0 Å². The Morgan fingerprint density at radius 3 is 2.53 bits per heavy atom. The molecular weight excluding hydrogens is 255 g/mol. The predicted octanol–water partition coefficient (Wildman–Crippen LogP) is 3.40. The fraction of sp³-hybridized carbons (Fsp3) is 0.300. The number of carbonyl (C=O) groups is 1. The molecule has 0 aromatic heterocycles. The maximum absolute atomic E-state index is 11.3. The van der Waals surface area contributed by atoms with Crippen molar-refractivity contribution in [1.29, 1.82) is 0 Å². The molecule has 1 saturated heterocycles. The lowest BCUT2D eigenvalue weighted by Crippen LogP contribution is -2.09. The highest BCUT2D eigenvalue weighted by atomic mass is 35.5. The largest absolute Gasteiger partial charge is 0.465 e. The van der Waals surface area contributed by atoms with Crippen LogP contribution in [-0.2, 0) is 9.53 Å². The summed E-state index contributed by atoms with van der Waals surface area (Å²) in [6.07, 6.45) is 0.713. The molecule has 1 aromatic rings. The number of benzene rings is 1. The van der Waals surface area contributed by atoms with Crippen LogP contribution in [0.3, 0.4) is 0 Å². The molecule has 15 heavy (non-hydrogen) atoms. The van der Waals surface area contributed by atoms with Gasteiger partial charge in [0.1, 0.15) is 5.25 Å². The smallest absolute Gasteiger partial charge is 0.319 e. The summed E-state index contributed by atoms with van der Waals surface area (Å²) in [5.74, 6) is -0.184. The Morgan fingerprint density at radius 2 is 2.00 bits per heavy atom. The van der Waals surface area contributed by atoms with Crippen molar-refractivity contribution < 1.29 is 9.53 Å². The topological polar surface area (TPSA) is 26.3 Å².